The zero-order valence-electron chi connectivity index (χ0n) is 13.3. The fourth-order valence-corrected chi connectivity index (χ4v) is 3.75. The molecular formula is C18H22N2O2S. The molecule has 23 heavy (non-hydrogen) atoms. The molecule has 1 atom stereocenters. The molecule has 1 N–H and O–H groups in total. The molecule has 5 heteroatoms. The molecule has 1 aliphatic rings. The number of amides is 1. The molecule has 1 amide bonds. The lowest BCUT2D eigenvalue weighted by molar-refractivity contribution is 0.0169. The highest BCUT2D eigenvalue weighted by Crippen LogP contribution is 2.25. The van der Waals surface area contributed by atoms with E-state index < -0.39 is 0 Å². The van der Waals surface area contributed by atoms with Gasteiger partial charge in [-0.3, -0.25) is 9.69 Å². The van der Waals surface area contributed by atoms with Gasteiger partial charge in [0.15, 0.2) is 0 Å². The number of hydrogen-bond donors (Lipinski definition) is 1. The van der Waals surface area contributed by atoms with Gasteiger partial charge in [-0.05, 0) is 30.0 Å². The Kier molecular flexibility index (Phi) is 5.43. The maximum Gasteiger partial charge on any atom is 0.251 e. The predicted octanol–water partition coefficient (Wildman–Crippen LogP) is 2.86. The minimum Gasteiger partial charge on any atom is -0.379 e. The Morgan fingerprint density at radius 3 is 2.74 bits per heavy atom. The van der Waals surface area contributed by atoms with Crippen molar-refractivity contribution in [3.8, 4) is 0 Å². The van der Waals surface area contributed by atoms with Crippen molar-refractivity contribution < 1.29 is 9.53 Å². The number of nitrogens with one attached hydrogen (secondary N) is 1. The molecule has 1 aromatic heterocycles. The van der Waals surface area contributed by atoms with Gasteiger partial charge in [-0.1, -0.05) is 24.3 Å². The van der Waals surface area contributed by atoms with E-state index in [0.29, 0.717) is 6.54 Å². The van der Waals surface area contributed by atoms with Crippen LogP contribution in [0, 0.1) is 6.92 Å². The summed E-state index contributed by atoms with van der Waals surface area (Å²) in [5.41, 5.74) is 1.75. The SMILES string of the molecule is Cc1ccccc1C(=O)NCC(c1cccs1)N1CCOCC1. The van der Waals surface area contributed by atoms with Crippen molar-refractivity contribution in [3.05, 3.63) is 57.8 Å². The molecule has 0 aliphatic carbocycles. The minimum absolute atomic E-state index is 0.00193. The third kappa shape index (κ3) is 3.99. The quantitative estimate of drug-likeness (QED) is 0.916. The fourth-order valence-electron chi connectivity index (χ4n) is 2.89. The van der Waals surface area contributed by atoms with Gasteiger partial charge in [-0.25, -0.2) is 0 Å². The summed E-state index contributed by atoms with van der Waals surface area (Å²) in [5, 5.41) is 5.20. The van der Waals surface area contributed by atoms with Crippen LogP contribution < -0.4 is 5.32 Å². The highest BCUT2D eigenvalue weighted by atomic mass is 32.1. The van der Waals surface area contributed by atoms with E-state index in [1.54, 1.807) is 11.3 Å². The van der Waals surface area contributed by atoms with Crippen molar-refractivity contribution in [1.29, 1.82) is 0 Å². The van der Waals surface area contributed by atoms with E-state index in [9.17, 15) is 4.79 Å². The van der Waals surface area contributed by atoms with Gasteiger partial charge >= 0.3 is 0 Å². The molecule has 2 aromatic rings. The zero-order valence-corrected chi connectivity index (χ0v) is 14.1. The first kappa shape index (κ1) is 16.2. The normalized spacial score (nSPS) is 16.9. The van der Waals surface area contributed by atoms with Gasteiger partial charge in [0.25, 0.3) is 5.91 Å². The maximum atomic E-state index is 12.5. The first-order chi connectivity index (χ1) is 11.3. The number of thiophene rings is 1. The molecule has 0 bridgehead atoms. The number of carbonyl (C=O) groups is 1. The van der Waals surface area contributed by atoms with Gasteiger partial charge in [0.2, 0.25) is 0 Å². The minimum atomic E-state index is -0.00193. The molecule has 122 valence electrons. The van der Waals surface area contributed by atoms with Crippen LogP contribution in [0.5, 0.6) is 0 Å². The third-order valence-corrected chi connectivity index (χ3v) is 5.18. The summed E-state index contributed by atoms with van der Waals surface area (Å²) in [6, 6.07) is 12.1. The summed E-state index contributed by atoms with van der Waals surface area (Å²) in [6.07, 6.45) is 0. The highest BCUT2D eigenvalue weighted by Gasteiger charge is 2.24. The molecule has 4 nitrogen and oxygen atoms in total. The van der Waals surface area contributed by atoms with Crippen molar-refractivity contribution in [3.63, 3.8) is 0 Å². The summed E-state index contributed by atoms with van der Waals surface area (Å²) in [4.78, 5) is 16.2. The van der Waals surface area contributed by atoms with Gasteiger partial charge in [0, 0.05) is 30.1 Å². The summed E-state index contributed by atoms with van der Waals surface area (Å²) in [7, 11) is 0. The van der Waals surface area contributed by atoms with Crippen LogP contribution in [-0.2, 0) is 4.74 Å². The van der Waals surface area contributed by atoms with Gasteiger partial charge in [-0.2, -0.15) is 0 Å². The van der Waals surface area contributed by atoms with E-state index in [4.69, 9.17) is 4.74 Å². The standard InChI is InChI=1S/C18H22N2O2S/c1-14-5-2-3-6-15(14)18(21)19-13-16(17-7-4-12-23-17)20-8-10-22-11-9-20/h2-7,12,16H,8-11,13H2,1H3,(H,19,21). The van der Waals surface area contributed by atoms with E-state index in [-0.39, 0.29) is 11.9 Å². The molecule has 2 heterocycles. The maximum absolute atomic E-state index is 12.5. The average molecular weight is 330 g/mol. The fraction of sp³-hybridized carbons (Fsp3) is 0.389. The zero-order chi connectivity index (χ0) is 16.1. The second-order valence-corrected chi connectivity index (χ2v) is 6.68. The van der Waals surface area contributed by atoms with Crippen LogP contribution in [0.3, 0.4) is 0 Å². The van der Waals surface area contributed by atoms with E-state index in [2.05, 4.69) is 27.7 Å². The summed E-state index contributed by atoms with van der Waals surface area (Å²) >= 11 is 1.74. The van der Waals surface area contributed by atoms with Crippen molar-refractivity contribution in [2.24, 2.45) is 0 Å². The molecule has 3 rings (SSSR count). The molecule has 1 saturated heterocycles. The predicted molar refractivity (Wildman–Crippen MR) is 93.0 cm³/mol. The number of nitrogens with zero attached hydrogens (tertiary/aromatic N) is 1. The molecule has 1 aromatic carbocycles. The smallest absolute Gasteiger partial charge is 0.251 e. The van der Waals surface area contributed by atoms with E-state index in [0.717, 1.165) is 37.4 Å². The van der Waals surface area contributed by atoms with Crippen LogP contribution >= 0.6 is 11.3 Å². The summed E-state index contributed by atoms with van der Waals surface area (Å²) in [6.45, 7) is 5.91. The molecule has 0 spiro atoms. The third-order valence-electron chi connectivity index (χ3n) is 4.20. The second kappa shape index (κ2) is 7.73. The Morgan fingerprint density at radius 2 is 2.04 bits per heavy atom. The Hall–Kier alpha value is -1.69. The summed E-state index contributed by atoms with van der Waals surface area (Å²) in [5.74, 6) is -0.00193. The van der Waals surface area contributed by atoms with Gasteiger partial charge < -0.3 is 10.1 Å². The largest absolute Gasteiger partial charge is 0.379 e. The number of carbonyl (C=O) groups excluding carboxylic acids is 1. The van der Waals surface area contributed by atoms with Crippen LogP contribution in [0.2, 0.25) is 0 Å². The topological polar surface area (TPSA) is 41.6 Å². The van der Waals surface area contributed by atoms with E-state index >= 15 is 0 Å². The van der Waals surface area contributed by atoms with Crippen LogP contribution in [0.15, 0.2) is 41.8 Å². The van der Waals surface area contributed by atoms with Crippen LogP contribution in [-0.4, -0.2) is 43.7 Å². The summed E-state index contributed by atoms with van der Waals surface area (Å²) < 4.78 is 5.45. The van der Waals surface area contributed by atoms with Crippen molar-refractivity contribution in [2.75, 3.05) is 32.8 Å². The highest BCUT2D eigenvalue weighted by molar-refractivity contribution is 7.10. The Bertz CT molecular complexity index is 636. The number of rotatable bonds is 5. The van der Waals surface area contributed by atoms with Crippen LogP contribution in [0.1, 0.15) is 26.8 Å². The molecule has 1 unspecified atom stereocenters. The average Bonchev–Trinajstić information content (AvgIpc) is 3.10. The Labute approximate surface area is 141 Å². The number of hydrogen-bond acceptors (Lipinski definition) is 4. The lowest BCUT2D eigenvalue weighted by Crippen LogP contribution is -2.43. The first-order valence-electron chi connectivity index (χ1n) is 7.95. The monoisotopic (exact) mass is 330 g/mol. The first-order valence-corrected chi connectivity index (χ1v) is 8.82. The lowest BCUT2D eigenvalue weighted by Gasteiger charge is -2.34. The number of benzene rings is 1. The molecular weight excluding hydrogens is 308 g/mol. The number of morpholine rings is 1. The van der Waals surface area contributed by atoms with Crippen molar-refractivity contribution in [2.45, 2.75) is 13.0 Å². The Morgan fingerprint density at radius 1 is 1.26 bits per heavy atom. The van der Waals surface area contributed by atoms with Crippen molar-refractivity contribution in [1.82, 2.24) is 10.2 Å². The molecule has 1 aliphatic heterocycles. The van der Waals surface area contributed by atoms with Gasteiger partial charge in [0.1, 0.15) is 0 Å². The number of aryl methyl sites for hydroxylation is 1. The Balaban J connectivity index is 1.69. The van der Waals surface area contributed by atoms with Crippen LogP contribution in [0.25, 0.3) is 0 Å². The van der Waals surface area contributed by atoms with Gasteiger partial charge in [0.05, 0.1) is 19.3 Å². The lowest BCUT2D eigenvalue weighted by atomic mass is 10.1. The van der Waals surface area contributed by atoms with Crippen LogP contribution in [0.4, 0.5) is 0 Å². The molecule has 0 saturated carbocycles. The van der Waals surface area contributed by atoms with E-state index in [1.807, 2.05) is 31.2 Å². The number of ether oxygens (including phenoxy) is 1. The van der Waals surface area contributed by atoms with E-state index in [1.165, 1.54) is 4.88 Å². The van der Waals surface area contributed by atoms with Gasteiger partial charge in [-0.15, -0.1) is 11.3 Å². The second-order valence-electron chi connectivity index (χ2n) is 5.70. The molecule has 1 fully saturated rings. The van der Waals surface area contributed by atoms with Crippen molar-refractivity contribution >= 4 is 17.2 Å². The molecule has 0 radical (unpaired) electrons.